The number of rotatable bonds is 2. The molecule has 1 aliphatic heterocycles. The highest BCUT2D eigenvalue weighted by atomic mass is 32.2. The van der Waals surface area contributed by atoms with Crippen molar-refractivity contribution in [1.82, 2.24) is 10.2 Å². The van der Waals surface area contributed by atoms with Gasteiger partial charge in [-0.1, -0.05) is 0 Å². The van der Waals surface area contributed by atoms with Crippen LogP contribution < -0.4 is 5.32 Å². The van der Waals surface area contributed by atoms with Crippen LogP contribution in [0.2, 0.25) is 0 Å². The van der Waals surface area contributed by atoms with Gasteiger partial charge in [-0.15, -0.1) is 0 Å². The number of sulfone groups is 1. The molecule has 0 saturated carbocycles. The summed E-state index contributed by atoms with van der Waals surface area (Å²) in [5, 5.41) is 10.0. The molecule has 0 aromatic heterocycles. The molecular weight excluding hydrogens is 305 g/mol. The van der Waals surface area contributed by atoms with E-state index in [1.807, 2.05) is 0 Å². The van der Waals surface area contributed by atoms with Crippen molar-refractivity contribution in [2.24, 2.45) is 0 Å². The molecule has 1 heterocycles. The molecule has 0 aromatic rings. The normalized spacial score (nSPS) is 21.9. The van der Waals surface area contributed by atoms with E-state index in [-0.39, 0.29) is 24.6 Å². The Hall–Kier alpha value is -1.52. The maximum atomic E-state index is 12.7. The number of carbonyl (C=O) groups excluding carboxylic acids is 1. The molecule has 1 saturated heterocycles. The van der Waals surface area contributed by atoms with Crippen LogP contribution in [0.4, 0.5) is 18.0 Å². The van der Waals surface area contributed by atoms with Gasteiger partial charge in [-0.3, -0.25) is 0 Å². The van der Waals surface area contributed by atoms with Crippen molar-refractivity contribution >= 4 is 21.8 Å². The van der Waals surface area contributed by atoms with E-state index in [4.69, 9.17) is 5.11 Å². The first kappa shape index (κ1) is 16.5. The lowest BCUT2D eigenvalue weighted by molar-refractivity contribution is -0.203. The smallest absolute Gasteiger partial charge is 0.422 e. The number of nitrogens with one attached hydrogen (secondary N) is 1. The minimum atomic E-state index is -5.18. The van der Waals surface area contributed by atoms with E-state index < -0.39 is 33.6 Å². The molecule has 0 aliphatic carbocycles. The Kier molecular flexibility index (Phi) is 4.22. The van der Waals surface area contributed by atoms with Crippen LogP contribution in [0.5, 0.6) is 0 Å². The molecule has 1 rings (SSSR count). The molecule has 0 aromatic carbocycles. The zero-order chi connectivity index (χ0) is 15.8. The van der Waals surface area contributed by atoms with Gasteiger partial charge >= 0.3 is 18.2 Å². The molecule has 2 amide bonds. The van der Waals surface area contributed by atoms with Gasteiger partial charge in [-0.2, -0.15) is 13.2 Å². The number of carboxylic acid groups (broad SMARTS) is 1. The van der Waals surface area contributed by atoms with Crippen LogP contribution in [0, 0.1) is 0 Å². The summed E-state index contributed by atoms with van der Waals surface area (Å²) in [5.74, 6) is -2.98. The van der Waals surface area contributed by atoms with Crippen molar-refractivity contribution in [3.8, 4) is 0 Å². The first-order chi connectivity index (χ1) is 8.89. The molecule has 0 spiro atoms. The summed E-state index contributed by atoms with van der Waals surface area (Å²) in [5.41, 5.74) is -3.43. The number of nitrogens with zero attached hydrogens (tertiary/aromatic N) is 1. The minimum Gasteiger partial charge on any atom is -0.479 e. The average Bonchev–Trinajstić information content (AvgIpc) is 2.26. The Morgan fingerprint density at radius 2 is 1.65 bits per heavy atom. The van der Waals surface area contributed by atoms with Gasteiger partial charge in [-0.05, 0) is 6.92 Å². The van der Waals surface area contributed by atoms with Crippen molar-refractivity contribution < 1.29 is 36.3 Å². The minimum absolute atomic E-state index is 0.276. The Morgan fingerprint density at radius 1 is 1.20 bits per heavy atom. The zero-order valence-corrected chi connectivity index (χ0v) is 11.2. The third-order valence-electron chi connectivity index (χ3n) is 2.98. The summed E-state index contributed by atoms with van der Waals surface area (Å²) >= 11 is 0. The third kappa shape index (κ3) is 3.32. The molecule has 1 fully saturated rings. The molecule has 2 N–H and O–H groups in total. The predicted molar refractivity (Wildman–Crippen MR) is 60.9 cm³/mol. The van der Waals surface area contributed by atoms with Crippen molar-refractivity contribution in [3.63, 3.8) is 0 Å². The SMILES string of the molecule is CC(NC(=O)N1CCS(=O)(=O)CC1)(C(=O)O)C(F)(F)F. The molecular formula is C9H13F3N2O5S. The van der Waals surface area contributed by atoms with Crippen LogP contribution in [-0.2, 0) is 14.6 Å². The van der Waals surface area contributed by atoms with Crippen molar-refractivity contribution in [3.05, 3.63) is 0 Å². The van der Waals surface area contributed by atoms with Crippen molar-refractivity contribution in [2.45, 2.75) is 18.6 Å². The summed E-state index contributed by atoms with van der Waals surface area (Å²) in [6.45, 7) is -0.225. The number of aliphatic carboxylic acids is 1. The highest BCUT2D eigenvalue weighted by Crippen LogP contribution is 2.30. The Bertz CT molecular complexity index is 504. The largest absolute Gasteiger partial charge is 0.479 e. The van der Waals surface area contributed by atoms with E-state index in [2.05, 4.69) is 0 Å². The van der Waals surface area contributed by atoms with Crippen LogP contribution in [0.25, 0.3) is 0 Å². The number of carbonyl (C=O) groups is 2. The maximum absolute atomic E-state index is 12.7. The number of hydrogen-bond acceptors (Lipinski definition) is 4. The van der Waals surface area contributed by atoms with E-state index in [0.29, 0.717) is 6.92 Å². The van der Waals surface area contributed by atoms with Crippen molar-refractivity contribution in [2.75, 3.05) is 24.6 Å². The lowest BCUT2D eigenvalue weighted by Crippen LogP contribution is -2.64. The second-order valence-corrected chi connectivity index (χ2v) is 6.80. The maximum Gasteiger partial charge on any atom is 0.422 e. The molecule has 1 atom stereocenters. The Labute approximate surface area is 112 Å². The summed E-state index contributed by atoms with van der Waals surface area (Å²) in [6.07, 6.45) is -5.18. The quantitative estimate of drug-likeness (QED) is 0.736. The molecule has 11 heteroatoms. The van der Waals surface area contributed by atoms with Crippen LogP contribution in [0.3, 0.4) is 0 Å². The van der Waals surface area contributed by atoms with Crippen LogP contribution >= 0.6 is 0 Å². The standard InChI is InChI=1S/C9H13F3N2O5S/c1-8(6(15)16,9(10,11)12)13-7(17)14-2-4-20(18,19)5-3-14/h2-5H2,1H3,(H,13,17)(H,15,16). The number of carboxylic acids is 1. The third-order valence-corrected chi connectivity index (χ3v) is 4.59. The summed E-state index contributed by atoms with van der Waals surface area (Å²) in [6, 6.07) is -1.26. The highest BCUT2D eigenvalue weighted by Gasteiger charge is 2.59. The number of hydrogen-bond donors (Lipinski definition) is 2. The second kappa shape index (κ2) is 5.11. The zero-order valence-electron chi connectivity index (χ0n) is 10.4. The number of halogens is 3. The molecule has 0 bridgehead atoms. The van der Waals surface area contributed by atoms with Crippen LogP contribution in [0.1, 0.15) is 6.92 Å². The van der Waals surface area contributed by atoms with Gasteiger partial charge in [0.2, 0.25) is 5.54 Å². The molecule has 1 unspecified atom stereocenters. The highest BCUT2D eigenvalue weighted by molar-refractivity contribution is 7.91. The van der Waals surface area contributed by atoms with Gasteiger partial charge in [0.1, 0.15) is 0 Å². The molecule has 7 nitrogen and oxygen atoms in total. The first-order valence-electron chi connectivity index (χ1n) is 5.47. The van der Waals surface area contributed by atoms with E-state index in [9.17, 15) is 31.2 Å². The molecule has 0 radical (unpaired) electrons. The Balaban J connectivity index is 2.82. The van der Waals surface area contributed by atoms with E-state index in [1.54, 1.807) is 0 Å². The monoisotopic (exact) mass is 318 g/mol. The van der Waals surface area contributed by atoms with Crippen LogP contribution in [0.15, 0.2) is 0 Å². The fourth-order valence-corrected chi connectivity index (χ4v) is 2.66. The number of alkyl halides is 3. The summed E-state index contributed by atoms with van der Waals surface area (Å²) in [4.78, 5) is 23.2. The van der Waals surface area contributed by atoms with Crippen molar-refractivity contribution in [1.29, 1.82) is 0 Å². The second-order valence-electron chi connectivity index (χ2n) is 4.50. The molecule has 116 valence electrons. The van der Waals surface area contributed by atoms with E-state index in [1.165, 1.54) is 5.32 Å². The van der Waals surface area contributed by atoms with E-state index in [0.717, 1.165) is 4.90 Å². The lowest BCUT2D eigenvalue weighted by atomic mass is 10.0. The fraction of sp³-hybridized carbons (Fsp3) is 0.778. The van der Waals surface area contributed by atoms with Gasteiger partial charge < -0.3 is 15.3 Å². The lowest BCUT2D eigenvalue weighted by Gasteiger charge is -2.33. The number of amides is 2. The van der Waals surface area contributed by atoms with Gasteiger partial charge in [0, 0.05) is 13.1 Å². The Morgan fingerprint density at radius 3 is 2.00 bits per heavy atom. The van der Waals surface area contributed by atoms with E-state index >= 15 is 0 Å². The first-order valence-corrected chi connectivity index (χ1v) is 7.29. The predicted octanol–water partition coefficient (Wildman–Crippen LogP) is -0.168. The van der Waals surface area contributed by atoms with Gasteiger partial charge in [0.15, 0.2) is 9.84 Å². The molecule has 20 heavy (non-hydrogen) atoms. The topological polar surface area (TPSA) is 104 Å². The number of urea groups is 1. The van der Waals surface area contributed by atoms with Gasteiger partial charge in [-0.25, -0.2) is 18.0 Å². The average molecular weight is 318 g/mol. The fourth-order valence-electron chi connectivity index (χ4n) is 1.45. The van der Waals surface area contributed by atoms with Gasteiger partial charge in [0.25, 0.3) is 0 Å². The summed E-state index contributed by atoms with van der Waals surface area (Å²) in [7, 11) is -3.30. The van der Waals surface area contributed by atoms with Crippen LogP contribution in [-0.4, -0.2) is 66.7 Å². The van der Waals surface area contributed by atoms with Gasteiger partial charge in [0.05, 0.1) is 11.5 Å². The summed E-state index contributed by atoms with van der Waals surface area (Å²) < 4.78 is 60.4. The molecule has 1 aliphatic rings.